The van der Waals surface area contributed by atoms with Gasteiger partial charge in [0.2, 0.25) is 15.7 Å². The first kappa shape index (κ1) is 25.5. The van der Waals surface area contributed by atoms with Crippen LogP contribution in [0.4, 0.5) is 15.8 Å². The van der Waals surface area contributed by atoms with Crippen LogP contribution in [-0.4, -0.2) is 52.0 Å². The SMILES string of the molecule is CCN(C(C)=O)c1cc(N2CCCNCC2)ccc1S(=O)(=O)c1cccc(F)c1.CI. The standard InChI is InChI=1S/C21H26FN3O3S.CH3I/c1-3-25(16(2)26)20-15-18(24-12-5-10-23-11-13-24)8-9-21(20)29(27,28)19-7-4-6-17(22)14-19;1-2/h4,6-9,14-15,23H,3,5,10-13H2,1-2H3;1H3. The van der Waals surface area contributed by atoms with E-state index in [2.05, 4.69) is 32.8 Å². The number of halogens is 2. The Kier molecular flexibility index (Phi) is 9.70. The van der Waals surface area contributed by atoms with Gasteiger partial charge in [0.15, 0.2) is 0 Å². The number of sulfone groups is 1. The van der Waals surface area contributed by atoms with Crippen LogP contribution in [-0.2, 0) is 14.6 Å². The monoisotopic (exact) mass is 561 g/mol. The van der Waals surface area contributed by atoms with Gasteiger partial charge in [0, 0.05) is 38.8 Å². The number of rotatable bonds is 5. The van der Waals surface area contributed by atoms with Gasteiger partial charge in [-0.05, 0) is 61.2 Å². The van der Waals surface area contributed by atoms with Crippen molar-refractivity contribution >= 4 is 49.7 Å². The van der Waals surface area contributed by atoms with Crippen molar-refractivity contribution in [3.05, 3.63) is 48.3 Å². The Hall–Kier alpha value is -1.72. The van der Waals surface area contributed by atoms with Crippen LogP contribution in [0.25, 0.3) is 0 Å². The third kappa shape index (κ3) is 6.17. The van der Waals surface area contributed by atoms with Crippen molar-refractivity contribution in [2.45, 2.75) is 30.1 Å². The molecule has 0 saturated carbocycles. The average Bonchev–Trinajstić information content (AvgIpc) is 3.05. The normalized spacial score (nSPS) is 14.3. The van der Waals surface area contributed by atoms with Crippen molar-refractivity contribution in [3.8, 4) is 0 Å². The Balaban J connectivity index is 0.00000166. The highest BCUT2D eigenvalue weighted by atomic mass is 127. The van der Waals surface area contributed by atoms with Gasteiger partial charge < -0.3 is 15.1 Å². The number of amides is 1. The van der Waals surface area contributed by atoms with Gasteiger partial charge in [0.1, 0.15) is 5.82 Å². The molecule has 2 aromatic carbocycles. The summed E-state index contributed by atoms with van der Waals surface area (Å²) >= 11 is 2.15. The molecule has 0 aromatic heterocycles. The second-order valence-electron chi connectivity index (χ2n) is 6.97. The van der Waals surface area contributed by atoms with Crippen LogP contribution in [0.2, 0.25) is 0 Å². The summed E-state index contributed by atoms with van der Waals surface area (Å²) in [6.45, 7) is 6.93. The van der Waals surface area contributed by atoms with E-state index in [1.165, 1.54) is 36.1 Å². The zero-order valence-corrected chi connectivity index (χ0v) is 21.0. The highest BCUT2D eigenvalue weighted by molar-refractivity contribution is 14.1. The van der Waals surface area contributed by atoms with Crippen LogP contribution < -0.4 is 15.1 Å². The summed E-state index contributed by atoms with van der Waals surface area (Å²) in [5.74, 6) is -0.877. The fourth-order valence-electron chi connectivity index (χ4n) is 3.57. The average molecular weight is 561 g/mol. The zero-order valence-electron chi connectivity index (χ0n) is 18.1. The van der Waals surface area contributed by atoms with Gasteiger partial charge in [-0.2, -0.15) is 0 Å². The molecule has 1 N–H and O–H groups in total. The molecule has 1 saturated heterocycles. The van der Waals surface area contributed by atoms with E-state index in [-0.39, 0.29) is 15.7 Å². The van der Waals surface area contributed by atoms with Crippen LogP contribution in [0.15, 0.2) is 52.3 Å². The fourth-order valence-corrected chi connectivity index (χ4v) is 5.04. The van der Waals surface area contributed by atoms with Gasteiger partial charge in [-0.15, -0.1) is 0 Å². The third-order valence-electron chi connectivity index (χ3n) is 5.03. The maximum Gasteiger partial charge on any atom is 0.223 e. The van der Waals surface area contributed by atoms with Gasteiger partial charge >= 0.3 is 0 Å². The lowest BCUT2D eigenvalue weighted by Gasteiger charge is -2.27. The summed E-state index contributed by atoms with van der Waals surface area (Å²) in [6, 6.07) is 9.96. The topological polar surface area (TPSA) is 69.7 Å². The molecule has 2 aromatic rings. The predicted octanol–water partition coefficient (Wildman–Crippen LogP) is 3.88. The molecule has 170 valence electrons. The van der Waals surface area contributed by atoms with Gasteiger partial charge in [0.05, 0.1) is 15.5 Å². The molecule has 0 bridgehead atoms. The van der Waals surface area contributed by atoms with Crippen molar-refractivity contribution in [2.75, 3.05) is 47.5 Å². The van der Waals surface area contributed by atoms with Crippen LogP contribution in [0, 0.1) is 5.82 Å². The third-order valence-corrected chi connectivity index (χ3v) is 6.83. The molecule has 0 aliphatic carbocycles. The number of carbonyl (C=O) groups excluding carboxylic acids is 1. The first-order valence-electron chi connectivity index (χ1n) is 10.1. The fraction of sp³-hybridized carbons (Fsp3) is 0.409. The Morgan fingerprint density at radius 1 is 1.16 bits per heavy atom. The van der Waals surface area contributed by atoms with E-state index in [0.717, 1.165) is 44.4 Å². The Labute approximate surface area is 197 Å². The highest BCUT2D eigenvalue weighted by Gasteiger charge is 2.27. The number of alkyl halides is 1. The summed E-state index contributed by atoms with van der Waals surface area (Å²) in [7, 11) is -4.00. The quantitative estimate of drug-likeness (QED) is 0.444. The van der Waals surface area contributed by atoms with Crippen molar-refractivity contribution in [3.63, 3.8) is 0 Å². The number of hydrogen-bond acceptors (Lipinski definition) is 5. The highest BCUT2D eigenvalue weighted by Crippen LogP contribution is 2.34. The van der Waals surface area contributed by atoms with E-state index in [0.29, 0.717) is 12.2 Å². The lowest BCUT2D eigenvalue weighted by Crippen LogP contribution is -2.31. The second kappa shape index (κ2) is 11.8. The van der Waals surface area contributed by atoms with E-state index in [1.54, 1.807) is 19.1 Å². The lowest BCUT2D eigenvalue weighted by molar-refractivity contribution is -0.116. The first-order chi connectivity index (χ1) is 14.8. The number of anilines is 2. The number of nitrogens with zero attached hydrogens (tertiary/aromatic N) is 2. The summed E-state index contributed by atoms with van der Waals surface area (Å²) in [5, 5.41) is 3.34. The lowest BCUT2D eigenvalue weighted by atomic mass is 10.2. The molecule has 3 rings (SSSR count). The van der Waals surface area contributed by atoms with Crippen LogP contribution in [0.5, 0.6) is 0 Å². The zero-order chi connectivity index (χ0) is 23.0. The molecule has 0 radical (unpaired) electrons. The minimum atomic E-state index is -4.00. The van der Waals surface area contributed by atoms with Crippen LogP contribution in [0.1, 0.15) is 20.3 Å². The molecule has 9 heteroatoms. The van der Waals surface area contributed by atoms with Crippen molar-refractivity contribution in [2.24, 2.45) is 0 Å². The van der Waals surface area contributed by atoms with E-state index in [9.17, 15) is 17.6 Å². The summed E-state index contributed by atoms with van der Waals surface area (Å²) in [6.07, 6.45) is 0.975. The maximum atomic E-state index is 13.7. The van der Waals surface area contributed by atoms with E-state index >= 15 is 0 Å². The van der Waals surface area contributed by atoms with Gasteiger partial charge in [-0.1, -0.05) is 28.7 Å². The molecule has 1 aliphatic rings. The Bertz CT molecular complexity index is 993. The molecular weight excluding hydrogens is 532 g/mol. The molecule has 1 amide bonds. The Morgan fingerprint density at radius 3 is 2.55 bits per heavy atom. The summed E-state index contributed by atoms with van der Waals surface area (Å²) in [4.78, 5) is 17.7. The summed E-state index contributed by atoms with van der Waals surface area (Å²) < 4.78 is 40.2. The van der Waals surface area contributed by atoms with Crippen molar-refractivity contribution < 1.29 is 17.6 Å². The molecular formula is C22H29FIN3O3S. The molecule has 1 fully saturated rings. The van der Waals surface area contributed by atoms with Crippen molar-refractivity contribution in [1.29, 1.82) is 0 Å². The molecule has 1 aliphatic heterocycles. The number of benzene rings is 2. The number of carbonyl (C=O) groups is 1. The van der Waals surface area contributed by atoms with E-state index in [1.807, 2.05) is 4.93 Å². The van der Waals surface area contributed by atoms with Crippen LogP contribution in [0.3, 0.4) is 0 Å². The molecule has 0 unspecified atom stereocenters. The van der Waals surface area contributed by atoms with E-state index in [4.69, 9.17) is 0 Å². The Morgan fingerprint density at radius 2 is 1.90 bits per heavy atom. The van der Waals surface area contributed by atoms with E-state index < -0.39 is 15.7 Å². The molecule has 6 nitrogen and oxygen atoms in total. The van der Waals surface area contributed by atoms with Gasteiger partial charge in [-0.3, -0.25) is 4.79 Å². The number of hydrogen-bond donors (Lipinski definition) is 1. The van der Waals surface area contributed by atoms with Crippen molar-refractivity contribution in [1.82, 2.24) is 5.32 Å². The van der Waals surface area contributed by atoms with Gasteiger partial charge in [-0.25, -0.2) is 12.8 Å². The molecule has 1 heterocycles. The largest absolute Gasteiger partial charge is 0.370 e. The summed E-state index contributed by atoms with van der Waals surface area (Å²) in [5.41, 5.74) is 1.18. The van der Waals surface area contributed by atoms with Gasteiger partial charge in [0.25, 0.3) is 0 Å². The second-order valence-corrected chi connectivity index (χ2v) is 8.88. The smallest absolute Gasteiger partial charge is 0.223 e. The molecule has 0 spiro atoms. The van der Waals surface area contributed by atoms with Crippen LogP contribution >= 0.6 is 22.6 Å². The number of nitrogens with one attached hydrogen (secondary N) is 1. The molecule has 0 atom stereocenters. The maximum absolute atomic E-state index is 13.7. The minimum Gasteiger partial charge on any atom is -0.370 e. The predicted molar refractivity (Wildman–Crippen MR) is 132 cm³/mol. The first-order valence-corrected chi connectivity index (χ1v) is 13.7. The molecule has 31 heavy (non-hydrogen) atoms. The minimum absolute atomic E-state index is 0.00292.